The molecule has 0 bridgehead atoms. The van der Waals surface area contributed by atoms with Crippen molar-refractivity contribution in [2.75, 3.05) is 0 Å². The molecule has 1 heterocycles. The minimum atomic E-state index is -0.966. The van der Waals surface area contributed by atoms with Crippen LogP contribution in [0.1, 0.15) is 24.2 Å². The zero-order valence-electron chi connectivity index (χ0n) is 11.1. The van der Waals surface area contributed by atoms with Gasteiger partial charge in [-0.1, -0.05) is 0 Å². The SMILES string of the molecule is CC(C)Oc1cc(C(=O)O)ccc1-c1cnn(C)c1. The molecule has 0 spiro atoms. The van der Waals surface area contributed by atoms with E-state index < -0.39 is 5.97 Å². The number of carbonyl (C=O) groups is 1. The molecule has 0 aliphatic carbocycles. The van der Waals surface area contributed by atoms with Crippen LogP contribution in [-0.4, -0.2) is 27.0 Å². The standard InChI is InChI=1S/C14H16N2O3/c1-9(2)19-13-6-10(14(17)18)4-5-12(13)11-7-15-16(3)8-11/h4-9H,1-3H3,(H,17,18). The average molecular weight is 260 g/mol. The lowest BCUT2D eigenvalue weighted by Gasteiger charge is -2.14. The van der Waals surface area contributed by atoms with Crippen molar-refractivity contribution in [3.05, 3.63) is 36.2 Å². The van der Waals surface area contributed by atoms with Gasteiger partial charge in [0.1, 0.15) is 5.75 Å². The third-order valence-electron chi connectivity index (χ3n) is 2.61. The summed E-state index contributed by atoms with van der Waals surface area (Å²) < 4.78 is 7.39. The molecule has 100 valence electrons. The smallest absolute Gasteiger partial charge is 0.335 e. The molecule has 1 aromatic heterocycles. The third kappa shape index (κ3) is 2.93. The number of hydrogen-bond donors (Lipinski definition) is 1. The molecule has 0 aliphatic heterocycles. The summed E-state index contributed by atoms with van der Waals surface area (Å²) in [5, 5.41) is 13.2. The van der Waals surface area contributed by atoms with Gasteiger partial charge >= 0.3 is 5.97 Å². The van der Waals surface area contributed by atoms with E-state index in [1.54, 1.807) is 29.1 Å². The van der Waals surface area contributed by atoms with Crippen molar-refractivity contribution < 1.29 is 14.6 Å². The molecule has 0 aliphatic rings. The number of carboxylic acid groups (broad SMARTS) is 1. The molecular formula is C14H16N2O3. The summed E-state index contributed by atoms with van der Waals surface area (Å²) in [6, 6.07) is 4.86. The Kier molecular flexibility index (Phi) is 3.55. The summed E-state index contributed by atoms with van der Waals surface area (Å²) in [6.07, 6.45) is 3.56. The van der Waals surface area contributed by atoms with Gasteiger partial charge in [0.15, 0.2) is 0 Å². The Bertz CT molecular complexity index is 602. The van der Waals surface area contributed by atoms with Crippen molar-refractivity contribution in [2.45, 2.75) is 20.0 Å². The second-order valence-electron chi connectivity index (χ2n) is 4.59. The van der Waals surface area contributed by atoms with Gasteiger partial charge in [-0.25, -0.2) is 4.79 Å². The van der Waals surface area contributed by atoms with E-state index in [-0.39, 0.29) is 11.7 Å². The summed E-state index contributed by atoms with van der Waals surface area (Å²) in [7, 11) is 1.83. The van der Waals surface area contributed by atoms with Crippen LogP contribution < -0.4 is 4.74 Å². The summed E-state index contributed by atoms with van der Waals surface area (Å²) in [6.45, 7) is 3.81. The first-order valence-electron chi connectivity index (χ1n) is 6.00. The van der Waals surface area contributed by atoms with E-state index in [9.17, 15) is 4.79 Å². The van der Waals surface area contributed by atoms with Crippen LogP contribution in [0, 0.1) is 0 Å². The van der Waals surface area contributed by atoms with Crippen molar-refractivity contribution in [3.8, 4) is 16.9 Å². The van der Waals surface area contributed by atoms with E-state index in [1.807, 2.05) is 27.1 Å². The number of carboxylic acids is 1. The van der Waals surface area contributed by atoms with E-state index in [1.165, 1.54) is 0 Å². The van der Waals surface area contributed by atoms with Gasteiger partial charge < -0.3 is 9.84 Å². The fourth-order valence-electron chi connectivity index (χ4n) is 1.81. The summed E-state index contributed by atoms with van der Waals surface area (Å²) in [5.74, 6) is -0.408. The van der Waals surface area contributed by atoms with Gasteiger partial charge in [-0.15, -0.1) is 0 Å². The predicted octanol–water partition coefficient (Wildman–Crippen LogP) is 2.57. The van der Waals surface area contributed by atoms with Crippen LogP contribution in [0.4, 0.5) is 0 Å². The third-order valence-corrected chi connectivity index (χ3v) is 2.61. The van der Waals surface area contributed by atoms with Crippen molar-refractivity contribution in [1.82, 2.24) is 9.78 Å². The van der Waals surface area contributed by atoms with Gasteiger partial charge in [-0.05, 0) is 32.0 Å². The first-order chi connectivity index (χ1) is 8.97. The molecule has 1 N–H and O–H groups in total. The predicted molar refractivity (Wildman–Crippen MR) is 71.4 cm³/mol. The Hall–Kier alpha value is -2.30. The lowest BCUT2D eigenvalue weighted by Crippen LogP contribution is -2.07. The zero-order valence-corrected chi connectivity index (χ0v) is 11.1. The van der Waals surface area contributed by atoms with Crippen LogP contribution in [-0.2, 0) is 7.05 Å². The molecule has 0 saturated heterocycles. The second-order valence-corrected chi connectivity index (χ2v) is 4.59. The van der Waals surface area contributed by atoms with Crippen molar-refractivity contribution in [3.63, 3.8) is 0 Å². The maximum atomic E-state index is 11.0. The first-order valence-corrected chi connectivity index (χ1v) is 6.00. The fraction of sp³-hybridized carbons (Fsp3) is 0.286. The number of hydrogen-bond acceptors (Lipinski definition) is 3. The number of nitrogens with zero attached hydrogens (tertiary/aromatic N) is 2. The van der Waals surface area contributed by atoms with Gasteiger partial charge in [0.05, 0.1) is 17.9 Å². The topological polar surface area (TPSA) is 64.3 Å². The lowest BCUT2D eigenvalue weighted by atomic mass is 10.1. The Balaban J connectivity index is 2.50. The molecule has 0 unspecified atom stereocenters. The van der Waals surface area contributed by atoms with E-state index >= 15 is 0 Å². The molecular weight excluding hydrogens is 244 g/mol. The van der Waals surface area contributed by atoms with Gasteiger partial charge in [-0.3, -0.25) is 4.68 Å². The number of benzene rings is 1. The van der Waals surface area contributed by atoms with Crippen molar-refractivity contribution in [1.29, 1.82) is 0 Å². The second kappa shape index (κ2) is 5.14. The molecule has 0 atom stereocenters. The maximum Gasteiger partial charge on any atom is 0.335 e. The van der Waals surface area contributed by atoms with Gasteiger partial charge in [-0.2, -0.15) is 5.10 Å². The quantitative estimate of drug-likeness (QED) is 0.917. The molecule has 0 saturated carbocycles. The molecule has 0 fully saturated rings. The highest BCUT2D eigenvalue weighted by molar-refractivity contribution is 5.89. The average Bonchev–Trinajstić information content (AvgIpc) is 2.74. The molecule has 19 heavy (non-hydrogen) atoms. The van der Waals surface area contributed by atoms with Gasteiger partial charge in [0, 0.05) is 24.4 Å². The minimum Gasteiger partial charge on any atom is -0.490 e. The monoisotopic (exact) mass is 260 g/mol. The Morgan fingerprint density at radius 2 is 2.16 bits per heavy atom. The zero-order chi connectivity index (χ0) is 14.0. The van der Waals surface area contributed by atoms with Crippen LogP contribution in [0.25, 0.3) is 11.1 Å². The van der Waals surface area contributed by atoms with E-state index in [4.69, 9.17) is 9.84 Å². The molecule has 0 amide bonds. The highest BCUT2D eigenvalue weighted by Gasteiger charge is 2.13. The Morgan fingerprint density at radius 3 is 2.68 bits per heavy atom. The molecule has 2 rings (SSSR count). The number of rotatable bonds is 4. The fourth-order valence-corrected chi connectivity index (χ4v) is 1.81. The number of ether oxygens (including phenoxy) is 1. The largest absolute Gasteiger partial charge is 0.490 e. The Morgan fingerprint density at radius 1 is 1.42 bits per heavy atom. The number of aromatic carboxylic acids is 1. The van der Waals surface area contributed by atoms with Gasteiger partial charge in [0.2, 0.25) is 0 Å². The summed E-state index contributed by atoms with van der Waals surface area (Å²) >= 11 is 0. The molecule has 0 radical (unpaired) electrons. The van der Waals surface area contributed by atoms with Crippen LogP contribution in [0.15, 0.2) is 30.6 Å². The number of aromatic nitrogens is 2. The molecule has 1 aromatic carbocycles. The van der Waals surface area contributed by atoms with Crippen LogP contribution in [0.2, 0.25) is 0 Å². The normalized spacial score (nSPS) is 10.7. The number of aryl methyl sites for hydroxylation is 1. The van der Waals surface area contributed by atoms with Crippen LogP contribution in [0.3, 0.4) is 0 Å². The first kappa shape index (κ1) is 13.1. The van der Waals surface area contributed by atoms with Gasteiger partial charge in [0.25, 0.3) is 0 Å². The summed E-state index contributed by atoms with van der Waals surface area (Å²) in [5.41, 5.74) is 1.95. The Labute approximate surface area is 111 Å². The summed E-state index contributed by atoms with van der Waals surface area (Å²) in [4.78, 5) is 11.0. The molecule has 5 heteroatoms. The van der Waals surface area contributed by atoms with Crippen LogP contribution in [0.5, 0.6) is 5.75 Å². The maximum absolute atomic E-state index is 11.0. The molecule has 2 aromatic rings. The highest BCUT2D eigenvalue weighted by Crippen LogP contribution is 2.31. The lowest BCUT2D eigenvalue weighted by molar-refractivity contribution is 0.0696. The van der Waals surface area contributed by atoms with Crippen LogP contribution >= 0.6 is 0 Å². The molecule has 5 nitrogen and oxygen atoms in total. The van der Waals surface area contributed by atoms with Crippen molar-refractivity contribution >= 4 is 5.97 Å². The van der Waals surface area contributed by atoms with E-state index in [2.05, 4.69) is 5.10 Å². The minimum absolute atomic E-state index is 0.0283. The van der Waals surface area contributed by atoms with E-state index in [0.29, 0.717) is 5.75 Å². The highest BCUT2D eigenvalue weighted by atomic mass is 16.5. The van der Waals surface area contributed by atoms with Crippen molar-refractivity contribution in [2.24, 2.45) is 7.05 Å². The van der Waals surface area contributed by atoms with E-state index in [0.717, 1.165) is 11.1 Å².